The number of nitrogens with zero attached hydrogens (tertiary/aromatic N) is 3. The molecular weight excluding hydrogens is 431 g/mol. The van der Waals surface area contributed by atoms with Gasteiger partial charge in [-0.3, -0.25) is 0 Å². The maximum absolute atomic E-state index is 13.8. The highest BCUT2D eigenvalue weighted by Crippen LogP contribution is 2.40. The number of halogens is 1. The lowest BCUT2D eigenvalue weighted by molar-refractivity contribution is 0.0200. The normalized spacial score (nSPS) is 16.9. The van der Waals surface area contributed by atoms with Gasteiger partial charge in [-0.1, -0.05) is 46.8 Å². The number of anilines is 1. The summed E-state index contributed by atoms with van der Waals surface area (Å²) in [5.41, 5.74) is 3.55. The van der Waals surface area contributed by atoms with Crippen molar-refractivity contribution in [3.05, 3.63) is 60.2 Å². The van der Waals surface area contributed by atoms with Gasteiger partial charge in [0.15, 0.2) is 0 Å². The molecular formula is C27H35FN4O2. The van der Waals surface area contributed by atoms with Crippen LogP contribution in [0.1, 0.15) is 47.1 Å². The lowest BCUT2D eigenvalue weighted by atomic mass is 9.87. The number of aromatic nitrogens is 2. The van der Waals surface area contributed by atoms with E-state index in [1.54, 1.807) is 12.4 Å². The Kier molecular flexibility index (Phi) is 6.32. The molecule has 1 aliphatic heterocycles. The molecule has 182 valence electrons. The minimum absolute atomic E-state index is 0.144. The fourth-order valence-corrected chi connectivity index (χ4v) is 4.70. The Balaban J connectivity index is 1.40. The molecule has 1 aliphatic rings. The molecule has 3 aromatic rings. The third-order valence-electron chi connectivity index (χ3n) is 6.58. The van der Waals surface area contributed by atoms with Gasteiger partial charge in [0.25, 0.3) is 0 Å². The SMILES string of the molecule is C[C@@H](CN1CC(C)(C)c2cc(F)ccc21)NC(=O)O[C@H](Cn1cnc2ccccc21)C(C)(C)C. The second-order valence-corrected chi connectivity index (χ2v) is 11.1. The highest BCUT2D eigenvalue weighted by atomic mass is 19.1. The predicted octanol–water partition coefficient (Wildman–Crippen LogP) is 5.50. The smallest absolute Gasteiger partial charge is 0.407 e. The highest BCUT2D eigenvalue weighted by Gasteiger charge is 2.36. The van der Waals surface area contributed by atoms with Gasteiger partial charge < -0.3 is 19.5 Å². The molecule has 2 atom stereocenters. The third kappa shape index (κ3) is 5.03. The first-order chi connectivity index (χ1) is 15.9. The van der Waals surface area contributed by atoms with E-state index in [1.165, 1.54) is 6.07 Å². The van der Waals surface area contributed by atoms with Crippen molar-refractivity contribution in [3.63, 3.8) is 0 Å². The molecule has 0 aliphatic carbocycles. The van der Waals surface area contributed by atoms with Crippen LogP contribution in [0.25, 0.3) is 11.0 Å². The Labute approximate surface area is 201 Å². The summed E-state index contributed by atoms with van der Waals surface area (Å²) < 4.78 is 21.8. The minimum atomic E-state index is -0.436. The summed E-state index contributed by atoms with van der Waals surface area (Å²) in [4.78, 5) is 19.5. The van der Waals surface area contributed by atoms with Crippen molar-refractivity contribution >= 4 is 22.8 Å². The fourth-order valence-electron chi connectivity index (χ4n) is 4.70. The fraction of sp³-hybridized carbons (Fsp3) is 0.481. The molecule has 1 N–H and O–H groups in total. The molecule has 4 rings (SSSR count). The van der Waals surface area contributed by atoms with Crippen molar-refractivity contribution in [2.75, 3.05) is 18.0 Å². The van der Waals surface area contributed by atoms with Crippen LogP contribution in [-0.4, -0.2) is 40.9 Å². The van der Waals surface area contributed by atoms with Gasteiger partial charge in [0, 0.05) is 35.6 Å². The number of para-hydroxylation sites is 2. The molecule has 1 aromatic heterocycles. The Morgan fingerprint density at radius 2 is 1.94 bits per heavy atom. The Hall–Kier alpha value is -3.09. The van der Waals surface area contributed by atoms with E-state index in [0.717, 1.165) is 28.8 Å². The Bertz CT molecular complexity index is 1180. The zero-order chi connectivity index (χ0) is 24.7. The average Bonchev–Trinajstić information content (AvgIpc) is 3.25. The summed E-state index contributed by atoms with van der Waals surface area (Å²) in [6.45, 7) is 14.3. The first-order valence-electron chi connectivity index (χ1n) is 11.9. The van der Waals surface area contributed by atoms with Crippen molar-refractivity contribution in [2.24, 2.45) is 5.41 Å². The van der Waals surface area contributed by atoms with E-state index < -0.39 is 6.09 Å². The number of carbonyl (C=O) groups is 1. The van der Waals surface area contributed by atoms with E-state index in [9.17, 15) is 9.18 Å². The monoisotopic (exact) mass is 466 g/mol. The number of fused-ring (bicyclic) bond motifs is 2. The maximum Gasteiger partial charge on any atom is 0.407 e. The number of hydrogen-bond donors (Lipinski definition) is 1. The number of ether oxygens (including phenoxy) is 1. The minimum Gasteiger partial charge on any atom is -0.444 e. The van der Waals surface area contributed by atoms with E-state index in [4.69, 9.17) is 4.74 Å². The zero-order valence-electron chi connectivity index (χ0n) is 20.9. The van der Waals surface area contributed by atoms with Crippen LogP contribution in [0.15, 0.2) is 48.8 Å². The van der Waals surface area contributed by atoms with E-state index in [2.05, 4.69) is 49.8 Å². The largest absolute Gasteiger partial charge is 0.444 e. The molecule has 1 amide bonds. The van der Waals surface area contributed by atoms with Gasteiger partial charge in [-0.15, -0.1) is 0 Å². The van der Waals surface area contributed by atoms with Crippen LogP contribution in [-0.2, 0) is 16.7 Å². The summed E-state index contributed by atoms with van der Waals surface area (Å²) in [5, 5.41) is 2.99. The van der Waals surface area contributed by atoms with E-state index in [0.29, 0.717) is 13.1 Å². The van der Waals surface area contributed by atoms with Gasteiger partial charge >= 0.3 is 6.09 Å². The van der Waals surface area contributed by atoms with Crippen LogP contribution in [0.3, 0.4) is 0 Å². The maximum atomic E-state index is 13.8. The molecule has 0 spiro atoms. The topological polar surface area (TPSA) is 59.4 Å². The van der Waals surface area contributed by atoms with Crippen LogP contribution in [0.4, 0.5) is 14.9 Å². The van der Waals surface area contributed by atoms with Gasteiger partial charge in [-0.05, 0) is 42.8 Å². The van der Waals surface area contributed by atoms with Gasteiger partial charge in [-0.25, -0.2) is 14.2 Å². The average molecular weight is 467 g/mol. The van der Waals surface area contributed by atoms with Crippen molar-refractivity contribution in [1.82, 2.24) is 14.9 Å². The molecule has 2 aromatic carbocycles. The molecule has 0 radical (unpaired) electrons. The van der Waals surface area contributed by atoms with Gasteiger partial charge in [0.05, 0.1) is 23.9 Å². The molecule has 6 nitrogen and oxygen atoms in total. The van der Waals surface area contributed by atoms with E-state index in [-0.39, 0.29) is 28.8 Å². The molecule has 0 saturated carbocycles. The second kappa shape index (κ2) is 8.93. The predicted molar refractivity (Wildman–Crippen MR) is 134 cm³/mol. The van der Waals surface area contributed by atoms with Gasteiger partial charge in [0.1, 0.15) is 11.9 Å². The van der Waals surface area contributed by atoms with Crippen molar-refractivity contribution in [2.45, 2.75) is 65.6 Å². The summed E-state index contributed by atoms with van der Waals surface area (Å²) in [5.74, 6) is -0.220. The number of hydrogen-bond acceptors (Lipinski definition) is 4. The molecule has 0 unspecified atom stereocenters. The molecule has 2 heterocycles. The quantitative estimate of drug-likeness (QED) is 0.521. The number of imidazole rings is 1. The first-order valence-corrected chi connectivity index (χ1v) is 11.9. The number of rotatable bonds is 6. The molecule has 34 heavy (non-hydrogen) atoms. The van der Waals surface area contributed by atoms with Crippen LogP contribution in [0.2, 0.25) is 0 Å². The number of nitrogens with one attached hydrogen (secondary N) is 1. The molecule has 0 fully saturated rings. The Morgan fingerprint density at radius 1 is 1.21 bits per heavy atom. The molecule has 0 bridgehead atoms. The third-order valence-corrected chi connectivity index (χ3v) is 6.58. The van der Waals surface area contributed by atoms with Crippen molar-refractivity contribution < 1.29 is 13.9 Å². The van der Waals surface area contributed by atoms with Crippen molar-refractivity contribution in [3.8, 4) is 0 Å². The zero-order valence-corrected chi connectivity index (χ0v) is 20.9. The standard InChI is InChI=1S/C27H35FN4O2/c1-18(14-31-16-27(5,6)20-13-19(28)11-12-22(20)31)30-25(33)34-24(26(2,3)4)15-32-17-29-21-9-7-8-10-23(21)32/h7-13,17-18,24H,14-16H2,1-6H3,(H,30,33)/t18-,24+/m0/s1. The van der Waals surface area contributed by atoms with Gasteiger partial charge in [-0.2, -0.15) is 0 Å². The summed E-state index contributed by atoms with van der Waals surface area (Å²) in [7, 11) is 0. The van der Waals surface area contributed by atoms with Crippen LogP contribution >= 0.6 is 0 Å². The number of benzene rings is 2. The lowest BCUT2D eigenvalue weighted by Crippen LogP contribution is -2.45. The Morgan fingerprint density at radius 3 is 2.68 bits per heavy atom. The lowest BCUT2D eigenvalue weighted by Gasteiger charge is -2.32. The summed E-state index contributed by atoms with van der Waals surface area (Å²) >= 11 is 0. The first kappa shape index (κ1) is 24.0. The van der Waals surface area contributed by atoms with E-state index in [1.807, 2.05) is 41.8 Å². The van der Waals surface area contributed by atoms with Gasteiger partial charge in [0.2, 0.25) is 0 Å². The van der Waals surface area contributed by atoms with Crippen LogP contribution < -0.4 is 10.2 Å². The second-order valence-electron chi connectivity index (χ2n) is 11.1. The van der Waals surface area contributed by atoms with E-state index >= 15 is 0 Å². The summed E-state index contributed by atoms with van der Waals surface area (Å²) in [6, 6.07) is 12.7. The molecule has 0 saturated heterocycles. The summed E-state index contributed by atoms with van der Waals surface area (Å²) in [6.07, 6.45) is 1.02. The molecule has 7 heteroatoms. The number of alkyl carbamates (subject to hydrolysis) is 1. The number of carbonyl (C=O) groups excluding carboxylic acids is 1. The number of amides is 1. The van der Waals surface area contributed by atoms with Crippen LogP contribution in [0, 0.1) is 11.2 Å². The van der Waals surface area contributed by atoms with Crippen molar-refractivity contribution in [1.29, 1.82) is 0 Å². The highest BCUT2D eigenvalue weighted by molar-refractivity contribution is 5.75. The van der Waals surface area contributed by atoms with Crippen LogP contribution in [0.5, 0.6) is 0 Å².